The van der Waals surface area contributed by atoms with E-state index in [0.29, 0.717) is 5.92 Å². The van der Waals surface area contributed by atoms with E-state index in [-0.39, 0.29) is 0 Å². The lowest BCUT2D eigenvalue weighted by Gasteiger charge is -2.36. The van der Waals surface area contributed by atoms with E-state index in [4.69, 9.17) is 0 Å². The molecule has 0 heterocycles. The molecule has 0 saturated heterocycles. The highest BCUT2D eigenvalue weighted by Gasteiger charge is 2.32. The lowest BCUT2D eigenvalue weighted by Crippen LogP contribution is -2.19. The number of rotatable bonds is 0. The third-order valence-electron chi connectivity index (χ3n) is 6.94. The van der Waals surface area contributed by atoms with Gasteiger partial charge in [-0.05, 0) is 128 Å². The molecule has 0 aromatic heterocycles. The average molecular weight is 319 g/mol. The monoisotopic (exact) mass is 318 g/mol. The van der Waals surface area contributed by atoms with Crippen molar-refractivity contribution in [2.24, 2.45) is 0 Å². The van der Waals surface area contributed by atoms with Gasteiger partial charge in [0.05, 0.1) is 0 Å². The van der Waals surface area contributed by atoms with Crippen molar-refractivity contribution in [1.29, 1.82) is 0 Å². The highest BCUT2D eigenvalue weighted by Crippen LogP contribution is 2.49. The van der Waals surface area contributed by atoms with Crippen LogP contribution in [0.3, 0.4) is 0 Å². The Balaban J connectivity index is 2.51. The van der Waals surface area contributed by atoms with E-state index in [1.165, 1.54) is 72.3 Å². The third-order valence-corrected chi connectivity index (χ3v) is 6.94. The first kappa shape index (κ1) is 17.0. The molecular formula is C24H30. The largest absolute Gasteiger partial charge is 0.0905 e. The second-order valence-electron chi connectivity index (χ2n) is 7.78. The second kappa shape index (κ2) is 5.34. The Hall–Kier alpha value is -1.82. The SMILES string of the molecule is C=C1c2c(C)c(C)c(C)c(C)c2C(C)c2c(C)c(C)c(C)c(C)c21. The maximum atomic E-state index is 4.58. The first-order valence-electron chi connectivity index (χ1n) is 9.01. The van der Waals surface area contributed by atoms with E-state index < -0.39 is 0 Å². The Morgan fingerprint density at radius 1 is 0.500 bits per heavy atom. The van der Waals surface area contributed by atoms with Gasteiger partial charge in [-0.25, -0.2) is 0 Å². The number of hydrogen-bond donors (Lipinski definition) is 0. The van der Waals surface area contributed by atoms with E-state index in [0.717, 1.165) is 0 Å². The topological polar surface area (TPSA) is 0 Å². The van der Waals surface area contributed by atoms with Gasteiger partial charge in [0.2, 0.25) is 0 Å². The Labute approximate surface area is 147 Å². The van der Waals surface area contributed by atoms with Crippen molar-refractivity contribution in [3.8, 4) is 0 Å². The molecule has 0 bridgehead atoms. The molecule has 2 aromatic rings. The van der Waals surface area contributed by atoms with Gasteiger partial charge in [0.15, 0.2) is 0 Å². The molecule has 0 aliphatic heterocycles. The summed E-state index contributed by atoms with van der Waals surface area (Å²) in [5.41, 5.74) is 18.5. The number of benzene rings is 2. The van der Waals surface area contributed by atoms with Gasteiger partial charge in [-0.15, -0.1) is 0 Å². The van der Waals surface area contributed by atoms with Gasteiger partial charge in [0, 0.05) is 5.92 Å². The summed E-state index contributed by atoms with van der Waals surface area (Å²) in [5, 5.41) is 0. The van der Waals surface area contributed by atoms with Crippen LogP contribution in [0.15, 0.2) is 6.58 Å². The molecule has 1 aliphatic carbocycles. The molecule has 0 N–H and O–H groups in total. The number of fused-ring (bicyclic) bond motifs is 2. The molecule has 0 spiro atoms. The van der Waals surface area contributed by atoms with Crippen molar-refractivity contribution in [1.82, 2.24) is 0 Å². The summed E-state index contributed by atoms with van der Waals surface area (Å²) in [6.45, 7) is 25.1. The summed E-state index contributed by atoms with van der Waals surface area (Å²) in [6.07, 6.45) is 0. The fraction of sp³-hybridized carbons (Fsp3) is 0.417. The van der Waals surface area contributed by atoms with Gasteiger partial charge in [0.25, 0.3) is 0 Å². The summed E-state index contributed by atoms with van der Waals surface area (Å²) in [4.78, 5) is 0. The van der Waals surface area contributed by atoms with Crippen LogP contribution in [0, 0.1) is 55.4 Å². The quantitative estimate of drug-likeness (QED) is 0.508. The Kier molecular flexibility index (Phi) is 3.79. The molecule has 0 amide bonds. The van der Waals surface area contributed by atoms with Crippen molar-refractivity contribution < 1.29 is 0 Å². The zero-order valence-electron chi connectivity index (χ0n) is 16.8. The molecule has 0 atom stereocenters. The van der Waals surface area contributed by atoms with Gasteiger partial charge < -0.3 is 0 Å². The maximum absolute atomic E-state index is 4.58. The van der Waals surface area contributed by atoms with Crippen molar-refractivity contribution in [2.75, 3.05) is 0 Å². The first-order valence-corrected chi connectivity index (χ1v) is 9.01. The molecule has 0 radical (unpaired) electrons. The van der Waals surface area contributed by atoms with Crippen molar-refractivity contribution in [3.05, 3.63) is 73.3 Å². The van der Waals surface area contributed by atoms with Crippen LogP contribution in [0.2, 0.25) is 0 Å². The molecular weight excluding hydrogens is 288 g/mol. The molecule has 24 heavy (non-hydrogen) atoms. The van der Waals surface area contributed by atoms with E-state index >= 15 is 0 Å². The van der Waals surface area contributed by atoms with Crippen LogP contribution in [0.25, 0.3) is 5.57 Å². The van der Waals surface area contributed by atoms with Crippen LogP contribution < -0.4 is 0 Å². The zero-order valence-corrected chi connectivity index (χ0v) is 16.8. The van der Waals surface area contributed by atoms with Crippen molar-refractivity contribution >= 4 is 5.57 Å². The van der Waals surface area contributed by atoms with E-state index in [1.807, 2.05) is 0 Å². The molecule has 0 heteroatoms. The summed E-state index contributed by atoms with van der Waals surface area (Å²) in [7, 11) is 0. The first-order chi connectivity index (χ1) is 11.1. The molecule has 3 rings (SSSR count). The molecule has 2 aromatic carbocycles. The summed E-state index contributed by atoms with van der Waals surface area (Å²) >= 11 is 0. The predicted octanol–water partition coefficient (Wildman–Crippen LogP) is 6.68. The highest BCUT2D eigenvalue weighted by molar-refractivity contribution is 5.90. The van der Waals surface area contributed by atoms with Crippen LogP contribution >= 0.6 is 0 Å². The van der Waals surface area contributed by atoms with Crippen LogP contribution in [0.5, 0.6) is 0 Å². The minimum Gasteiger partial charge on any atom is -0.0905 e. The summed E-state index contributed by atoms with van der Waals surface area (Å²) in [5.74, 6) is 0.427. The van der Waals surface area contributed by atoms with E-state index in [2.05, 4.69) is 68.9 Å². The Morgan fingerprint density at radius 3 is 1.12 bits per heavy atom. The Bertz CT molecular complexity index is 834. The van der Waals surface area contributed by atoms with E-state index in [1.54, 1.807) is 0 Å². The van der Waals surface area contributed by atoms with Gasteiger partial charge in [-0.2, -0.15) is 0 Å². The zero-order chi connectivity index (χ0) is 18.1. The molecule has 0 nitrogen and oxygen atoms in total. The normalized spacial score (nSPS) is 14.0. The second-order valence-corrected chi connectivity index (χ2v) is 7.78. The van der Waals surface area contributed by atoms with Crippen LogP contribution in [-0.2, 0) is 0 Å². The van der Waals surface area contributed by atoms with Crippen LogP contribution in [-0.4, -0.2) is 0 Å². The highest BCUT2D eigenvalue weighted by atomic mass is 14.4. The van der Waals surface area contributed by atoms with Gasteiger partial charge >= 0.3 is 0 Å². The van der Waals surface area contributed by atoms with Crippen LogP contribution in [0.1, 0.15) is 79.6 Å². The average Bonchev–Trinajstić information content (AvgIpc) is 2.55. The fourth-order valence-electron chi connectivity index (χ4n) is 4.81. The van der Waals surface area contributed by atoms with Crippen molar-refractivity contribution in [3.63, 3.8) is 0 Å². The lowest BCUT2D eigenvalue weighted by atomic mass is 9.68. The standard InChI is InChI=1S/C24H30/c1-11-12(2)16(6)22-20(10)24-18(8)14(4)13(3)17(7)23(24)19(9)21(22)15(11)5/h20H,9H2,1-8,10H3. The molecule has 126 valence electrons. The van der Waals surface area contributed by atoms with Gasteiger partial charge in [-0.1, -0.05) is 13.5 Å². The van der Waals surface area contributed by atoms with Crippen LogP contribution in [0.4, 0.5) is 0 Å². The molecule has 0 saturated carbocycles. The number of hydrogen-bond acceptors (Lipinski definition) is 0. The lowest BCUT2D eigenvalue weighted by molar-refractivity contribution is 0.859. The van der Waals surface area contributed by atoms with Crippen molar-refractivity contribution in [2.45, 2.75) is 68.2 Å². The Morgan fingerprint density at radius 2 is 0.792 bits per heavy atom. The minimum absolute atomic E-state index is 0.427. The molecule has 0 unspecified atom stereocenters. The molecule has 0 fully saturated rings. The smallest absolute Gasteiger partial charge is 0.00789 e. The van der Waals surface area contributed by atoms with Gasteiger partial charge in [0.1, 0.15) is 0 Å². The maximum Gasteiger partial charge on any atom is 0.00789 e. The predicted molar refractivity (Wildman–Crippen MR) is 106 cm³/mol. The third kappa shape index (κ3) is 1.92. The minimum atomic E-state index is 0.427. The van der Waals surface area contributed by atoms with Gasteiger partial charge in [-0.3, -0.25) is 0 Å². The van der Waals surface area contributed by atoms with E-state index in [9.17, 15) is 0 Å². The summed E-state index contributed by atoms with van der Waals surface area (Å²) < 4.78 is 0. The summed E-state index contributed by atoms with van der Waals surface area (Å²) in [6, 6.07) is 0. The molecule has 1 aliphatic rings. The fourth-order valence-corrected chi connectivity index (χ4v) is 4.81.